The summed E-state index contributed by atoms with van der Waals surface area (Å²) in [5, 5.41) is 4.43. The Hall–Kier alpha value is -1.62. The number of halogens is 1. The first kappa shape index (κ1) is 8.00. The molecule has 2 rings (SSSR count). The highest BCUT2D eigenvalue weighted by atomic mass is 35.5. The van der Waals surface area contributed by atoms with Gasteiger partial charge in [-0.15, -0.1) is 5.10 Å². The molecule has 6 heteroatoms. The topological polar surface area (TPSA) is 69.6 Å². The van der Waals surface area contributed by atoms with Crippen LogP contribution in [0, 0.1) is 0 Å². The van der Waals surface area contributed by atoms with Gasteiger partial charge in [-0.1, -0.05) is 11.6 Å². The summed E-state index contributed by atoms with van der Waals surface area (Å²) in [4.78, 5) is 7.93. The van der Waals surface area contributed by atoms with E-state index in [0.29, 0.717) is 16.8 Å². The summed E-state index contributed by atoms with van der Waals surface area (Å²) in [6, 6.07) is 1.66. The monoisotopic (exact) mass is 195 g/mol. The van der Waals surface area contributed by atoms with Crippen LogP contribution < -0.4 is 5.73 Å². The molecular formula is C7H6ClN5. The van der Waals surface area contributed by atoms with E-state index in [1.54, 1.807) is 12.3 Å². The van der Waals surface area contributed by atoms with E-state index in [9.17, 15) is 0 Å². The van der Waals surface area contributed by atoms with Crippen LogP contribution in [0.15, 0.2) is 24.7 Å². The van der Waals surface area contributed by atoms with E-state index in [1.165, 1.54) is 17.1 Å². The normalized spacial score (nSPS) is 10.2. The molecule has 0 amide bonds. The van der Waals surface area contributed by atoms with Crippen molar-refractivity contribution in [2.75, 3.05) is 5.73 Å². The summed E-state index contributed by atoms with van der Waals surface area (Å²) in [5.74, 6) is 0.875. The first-order valence-corrected chi connectivity index (χ1v) is 3.92. The quantitative estimate of drug-likeness (QED) is 0.734. The van der Waals surface area contributed by atoms with Gasteiger partial charge in [0.25, 0.3) is 5.95 Å². The molecule has 0 spiro atoms. The summed E-state index contributed by atoms with van der Waals surface area (Å²) in [7, 11) is 0. The Morgan fingerprint density at radius 1 is 1.31 bits per heavy atom. The van der Waals surface area contributed by atoms with Gasteiger partial charge in [-0.05, 0) is 0 Å². The van der Waals surface area contributed by atoms with Crippen molar-refractivity contribution in [3.63, 3.8) is 0 Å². The number of anilines is 1. The number of aromatic nitrogens is 4. The standard InChI is InChI=1S/C7H6ClN5/c8-5-3-10-7(11-4-5)13-2-1-6(9)12-13/h1-4H,(H2,9,12). The lowest BCUT2D eigenvalue weighted by Gasteiger charge is -1.96. The van der Waals surface area contributed by atoms with Crippen LogP contribution in [-0.4, -0.2) is 19.7 Å². The molecule has 0 aliphatic heterocycles. The van der Waals surface area contributed by atoms with Crippen molar-refractivity contribution in [3.05, 3.63) is 29.7 Å². The molecule has 5 nitrogen and oxygen atoms in total. The molecule has 0 aliphatic carbocycles. The van der Waals surface area contributed by atoms with Crippen molar-refractivity contribution in [2.24, 2.45) is 0 Å². The highest BCUT2D eigenvalue weighted by Crippen LogP contribution is 2.06. The maximum absolute atomic E-state index is 5.62. The average Bonchev–Trinajstić information content (AvgIpc) is 2.53. The minimum absolute atomic E-state index is 0.429. The third-order valence-electron chi connectivity index (χ3n) is 1.42. The van der Waals surface area contributed by atoms with E-state index < -0.39 is 0 Å². The van der Waals surface area contributed by atoms with Gasteiger partial charge in [0.2, 0.25) is 0 Å². The van der Waals surface area contributed by atoms with Gasteiger partial charge < -0.3 is 5.73 Å². The second kappa shape index (κ2) is 3.02. The molecular weight excluding hydrogens is 190 g/mol. The lowest BCUT2D eigenvalue weighted by Crippen LogP contribution is -2.01. The molecule has 0 aliphatic rings. The van der Waals surface area contributed by atoms with Crippen molar-refractivity contribution in [3.8, 4) is 5.95 Å². The van der Waals surface area contributed by atoms with Crippen molar-refractivity contribution in [1.82, 2.24) is 19.7 Å². The first-order valence-electron chi connectivity index (χ1n) is 3.55. The Morgan fingerprint density at radius 2 is 2.00 bits per heavy atom. The van der Waals surface area contributed by atoms with Crippen molar-refractivity contribution in [1.29, 1.82) is 0 Å². The van der Waals surface area contributed by atoms with Crippen molar-refractivity contribution in [2.45, 2.75) is 0 Å². The number of nitrogen functional groups attached to an aromatic ring is 1. The lowest BCUT2D eigenvalue weighted by molar-refractivity contribution is 0.812. The van der Waals surface area contributed by atoms with E-state index in [-0.39, 0.29) is 0 Å². The van der Waals surface area contributed by atoms with Crippen LogP contribution >= 0.6 is 11.6 Å². The molecule has 0 bridgehead atoms. The summed E-state index contributed by atoms with van der Waals surface area (Å²) in [6.45, 7) is 0. The number of rotatable bonds is 1. The zero-order chi connectivity index (χ0) is 9.26. The van der Waals surface area contributed by atoms with Crippen molar-refractivity contribution < 1.29 is 0 Å². The zero-order valence-corrected chi connectivity index (χ0v) is 7.31. The third kappa shape index (κ3) is 1.59. The zero-order valence-electron chi connectivity index (χ0n) is 6.55. The SMILES string of the molecule is Nc1ccn(-c2ncc(Cl)cn2)n1. The maximum Gasteiger partial charge on any atom is 0.250 e. The molecule has 0 saturated carbocycles. The minimum Gasteiger partial charge on any atom is -0.382 e. The van der Waals surface area contributed by atoms with E-state index >= 15 is 0 Å². The number of nitrogens with zero attached hydrogens (tertiary/aromatic N) is 4. The average molecular weight is 196 g/mol. The fourth-order valence-electron chi connectivity index (χ4n) is 0.873. The molecule has 2 aromatic rings. The first-order chi connectivity index (χ1) is 6.25. The molecule has 2 N–H and O–H groups in total. The van der Waals surface area contributed by atoms with E-state index in [4.69, 9.17) is 17.3 Å². The lowest BCUT2D eigenvalue weighted by atomic mass is 10.6. The van der Waals surface area contributed by atoms with Crippen molar-refractivity contribution >= 4 is 17.4 Å². The fraction of sp³-hybridized carbons (Fsp3) is 0. The number of hydrogen-bond acceptors (Lipinski definition) is 4. The molecule has 0 unspecified atom stereocenters. The van der Waals surface area contributed by atoms with E-state index in [2.05, 4.69) is 15.1 Å². The van der Waals surface area contributed by atoms with Crippen LogP contribution in [0.5, 0.6) is 0 Å². The number of nitrogens with two attached hydrogens (primary N) is 1. The van der Waals surface area contributed by atoms with Crippen LogP contribution in [0.25, 0.3) is 5.95 Å². The van der Waals surface area contributed by atoms with Gasteiger partial charge >= 0.3 is 0 Å². The fourth-order valence-corrected chi connectivity index (χ4v) is 0.971. The maximum atomic E-state index is 5.62. The molecule has 0 aromatic carbocycles. The Balaban J connectivity index is 2.41. The molecule has 0 radical (unpaired) electrons. The molecule has 13 heavy (non-hydrogen) atoms. The molecule has 0 fully saturated rings. The van der Waals surface area contributed by atoms with Gasteiger partial charge in [0.1, 0.15) is 5.82 Å². The number of hydrogen-bond donors (Lipinski definition) is 1. The predicted molar refractivity (Wildman–Crippen MR) is 48.6 cm³/mol. The Bertz CT molecular complexity index is 407. The summed E-state index contributed by atoms with van der Waals surface area (Å²) in [5.41, 5.74) is 5.43. The van der Waals surface area contributed by atoms with Crippen LogP contribution in [0.4, 0.5) is 5.82 Å². The molecule has 66 valence electrons. The van der Waals surface area contributed by atoms with Crippen LogP contribution in [0.1, 0.15) is 0 Å². The highest BCUT2D eigenvalue weighted by molar-refractivity contribution is 6.30. The Labute approximate surface area is 79.2 Å². The summed E-state index contributed by atoms with van der Waals surface area (Å²) < 4.78 is 1.48. The van der Waals surface area contributed by atoms with Gasteiger partial charge in [0, 0.05) is 12.3 Å². The second-order valence-electron chi connectivity index (χ2n) is 2.39. The van der Waals surface area contributed by atoms with Crippen LogP contribution in [-0.2, 0) is 0 Å². The Kier molecular flexibility index (Phi) is 1.86. The second-order valence-corrected chi connectivity index (χ2v) is 2.82. The largest absolute Gasteiger partial charge is 0.382 e. The molecule has 0 saturated heterocycles. The predicted octanol–water partition coefficient (Wildman–Crippen LogP) is 0.898. The van der Waals surface area contributed by atoms with Gasteiger partial charge in [-0.3, -0.25) is 0 Å². The van der Waals surface area contributed by atoms with Crippen LogP contribution in [0.3, 0.4) is 0 Å². The molecule has 2 heterocycles. The van der Waals surface area contributed by atoms with Gasteiger partial charge in [0.15, 0.2) is 0 Å². The van der Waals surface area contributed by atoms with E-state index in [0.717, 1.165) is 0 Å². The minimum atomic E-state index is 0.429. The smallest absolute Gasteiger partial charge is 0.250 e. The van der Waals surface area contributed by atoms with Gasteiger partial charge in [-0.2, -0.15) is 0 Å². The van der Waals surface area contributed by atoms with E-state index in [1.807, 2.05) is 0 Å². The molecule has 0 atom stereocenters. The Morgan fingerprint density at radius 3 is 2.54 bits per heavy atom. The summed E-state index contributed by atoms with van der Waals surface area (Å²) in [6.07, 6.45) is 4.68. The van der Waals surface area contributed by atoms with Gasteiger partial charge in [0.05, 0.1) is 17.4 Å². The van der Waals surface area contributed by atoms with Gasteiger partial charge in [-0.25, -0.2) is 14.6 Å². The highest BCUT2D eigenvalue weighted by Gasteiger charge is 2.00. The van der Waals surface area contributed by atoms with Crippen LogP contribution in [0.2, 0.25) is 5.02 Å². The summed E-state index contributed by atoms with van der Waals surface area (Å²) >= 11 is 5.62. The molecule has 2 aromatic heterocycles. The third-order valence-corrected chi connectivity index (χ3v) is 1.62.